The molecule has 7 heteroatoms. The van der Waals surface area contributed by atoms with Crippen molar-refractivity contribution in [2.24, 2.45) is 4.99 Å². The lowest BCUT2D eigenvalue weighted by atomic mass is 10.2. The molecule has 138 valence electrons. The molecule has 1 aromatic rings. The number of unbranched alkanes of at least 4 members (excludes halogenated alkanes) is 1. The summed E-state index contributed by atoms with van der Waals surface area (Å²) in [5.41, 5.74) is 0.975. The Labute approximate surface area is 167 Å². The number of nitrogens with zero attached hydrogens (tertiary/aromatic N) is 1. The third kappa shape index (κ3) is 7.79. The quantitative estimate of drug-likeness (QED) is 0.246. The maximum Gasteiger partial charge on any atom is 0.191 e. The SMILES string of the molecule is CCCCNC(=NCc1cc(Cl)c(OCC)c(OC)c1)NCC.I. The van der Waals surface area contributed by atoms with Crippen molar-refractivity contribution in [3.63, 3.8) is 0 Å². The average molecular weight is 470 g/mol. The van der Waals surface area contributed by atoms with Gasteiger partial charge >= 0.3 is 0 Å². The van der Waals surface area contributed by atoms with Crippen LogP contribution in [-0.4, -0.2) is 32.8 Å². The highest BCUT2D eigenvalue weighted by Gasteiger charge is 2.11. The predicted molar refractivity (Wildman–Crippen MR) is 112 cm³/mol. The van der Waals surface area contributed by atoms with Crippen LogP contribution < -0.4 is 20.1 Å². The molecule has 0 bridgehead atoms. The lowest BCUT2D eigenvalue weighted by Gasteiger charge is -2.13. The van der Waals surface area contributed by atoms with E-state index in [4.69, 9.17) is 21.1 Å². The molecule has 1 rings (SSSR count). The van der Waals surface area contributed by atoms with Crippen LogP contribution in [-0.2, 0) is 6.54 Å². The summed E-state index contributed by atoms with van der Waals surface area (Å²) in [6.07, 6.45) is 2.27. The number of aliphatic imine (C=N–C) groups is 1. The predicted octanol–water partition coefficient (Wildman–Crippen LogP) is 4.22. The summed E-state index contributed by atoms with van der Waals surface area (Å²) >= 11 is 6.29. The molecule has 0 spiro atoms. The standard InChI is InChI=1S/C17H28ClN3O2.HI/c1-5-8-9-20-17(19-6-2)21-12-13-10-14(18)16(23-7-3)15(11-13)22-4;/h10-11H,5-9,12H2,1-4H3,(H2,19,20,21);1H. The third-order valence-electron chi connectivity index (χ3n) is 3.16. The van der Waals surface area contributed by atoms with Crippen molar-refractivity contribution in [1.29, 1.82) is 0 Å². The Hall–Kier alpha value is -0.890. The second kappa shape index (κ2) is 13.4. The number of hydrogen-bond acceptors (Lipinski definition) is 3. The smallest absolute Gasteiger partial charge is 0.191 e. The van der Waals surface area contributed by atoms with Gasteiger partial charge in [0.2, 0.25) is 0 Å². The minimum absolute atomic E-state index is 0. The number of methoxy groups -OCH3 is 1. The molecule has 0 aromatic heterocycles. The van der Waals surface area contributed by atoms with Crippen LogP contribution in [0.5, 0.6) is 11.5 Å². The maximum absolute atomic E-state index is 6.29. The van der Waals surface area contributed by atoms with Crippen LogP contribution >= 0.6 is 35.6 Å². The van der Waals surface area contributed by atoms with Crippen LogP contribution in [0, 0.1) is 0 Å². The molecule has 0 amide bonds. The van der Waals surface area contributed by atoms with Crippen molar-refractivity contribution in [2.75, 3.05) is 26.8 Å². The lowest BCUT2D eigenvalue weighted by molar-refractivity contribution is 0.311. The Balaban J connectivity index is 0.00000529. The first-order valence-corrected chi connectivity index (χ1v) is 8.55. The van der Waals surface area contributed by atoms with Gasteiger partial charge in [-0.25, -0.2) is 4.99 Å². The van der Waals surface area contributed by atoms with Gasteiger partial charge in [-0.3, -0.25) is 0 Å². The Morgan fingerprint density at radius 2 is 1.96 bits per heavy atom. The average Bonchev–Trinajstić information content (AvgIpc) is 2.55. The summed E-state index contributed by atoms with van der Waals surface area (Å²) in [4.78, 5) is 4.59. The van der Waals surface area contributed by atoms with E-state index < -0.39 is 0 Å². The van der Waals surface area contributed by atoms with Crippen molar-refractivity contribution >= 4 is 41.5 Å². The van der Waals surface area contributed by atoms with Crippen molar-refractivity contribution in [3.8, 4) is 11.5 Å². The minimum atomic E-state index is 0. The fraction of sp³-hybridized carbons (Fsp3) is 0.588. The highest BCUT2D eigenvalue weighted by atomic mass is 127. The Kier molecular flexibility index (Phi) is 12.9. The van der Waals surface area contributed by atoms with Gasteiger partial charge in [0.25, 0.3) is 0 Å². The zero-order chi connectivity index (χ0) is 17.1. The third-order valence-corrected chi connectivity index (χ3v) is 3.45. The summed E-state index contributed by atoms with van der Waals surface area (Å²) < 4.78 is 10.9. The van der Waals surface area contributed by atoms with E-state index in [1.54, 1.807) is 7.11 Å². The topological polar surface area (TPSA) is 54.9 Å². The molecule has 2 N–H and O–H groups in total. The van der Waals surface area contributed by atoms with E-state index in [-0.39, 0.29) is 24.0 Å². The number of ether oxygens (including phenoxy) is 2. The van der Waals surface area contributed by atoms with Gasteiger partial charge in [0, 0.05) is 13.1 Å². The molecule has 0 aliphatic rings. The van der Waals surface area contributed by atoms with E-state index in [1.165, 1.54) is 0 Å². The van der Waals surface area contributed by atoms with Crippen molar-refractivity contribution in [1.82, 2.24) is 10.6 Å². The molecule has 0 aliphatic carbocycles. The highest BCUT2D eigenvalue weighted by Crippen LogP contribution is 2.36. The van der Waals surface area contributed by atoms with E-state index in [0.29, 0.717) is 29.7 Å². The minimum Gasteiger partial charge on any atom is -0.493 e. The van der Waals surface area contributed by atoms with Crippen molar-refractivity contribution < 1.29 is 9.47 Å². The number of hydrogen-bond donors (Lipinski definition) is 2. The number of rotatable bonds is 9. The zero-order valence-electron chi connectivity index (χ0n) is 14.9. The molecular formula is C17H29ClIN3O2. The first-order chi connectivity index (χ1) is 11.2. The number of benzene rings is 1. The molecule has 0 atom stereocenters. The largest absolute Gasteiger partial charge is 0.493 e. The fourth-order valence-corrected chi connectivity index (χ4v) is 2.33. The number of nitrogens with one attached hydrogen (secondary N) is 2. The molecule has 5 nitrogen and oxygen atoms in total. The number of guanidine groups is 1. The zero-order valence-corrected chi connectivity index (χ0v) is 18.0. The van der Waals surface area contributed by atoms with Crippen LogP contribution in [0.2, 0.25) is 5.02 Å². The van der Waals surface area contributed by atoms with Gasteiger partial charge in [-0.15, -0.1) is 24.0 Å². The van der Waals surface area contributed by atoms with Gasteiger partial charge in [-0.2, -0.15) is 0 Å². The molecule has 0 heterocycles. The van der Waals surface area contributed by atoms with Crippen molar-refractivity contribution in [2.45, 2.75) is 40.2 Å². The van der Waals surface area contributed by atoms with Crippen molar-refractivity contribution in [3.05, 3.63) is 22.7 Å². The van der Waals surface area contributed by atoms with Crippen LogP contribution in [0.3, 0.4) is 0 Å². The summed E-state index contributed by atoms with van der Waals surface area (Å²) in [6, 6.07) is 3.78. The first-order valence-electron chi connectivity index (χ1n) is 8.17. The lowest BCUT2D eigenvalue weighted by Crippen LogP contribution is -2.37. The Bertz CT molecular complexity index is 513. The van der Waals surface area contributed by atoms with Crippen LogP contribution in [0.1, 0.15) is 39.2 Å². The van der Waals surface area contributed by atoms with Crippen LogP contribution in [0.4, 0.5) is 0 Å². The monoisotopic (exact) mass is 469 g/mol. The molecule has 0 radical (unpaired) electrons. The molecule has 1 aromatic carbocycles. The second-order valence-corrected chi connectivity index (χ2v) is 5.42. The molecule has 0 unspecified atom stereocenters. The molecule has 0 fully saturated rings. The van der Waals surface area contributed by atoms with Gasteiger partial charge in [-0.1, -0.05) is 24.9 Å². The first kappa shape index (κ1) is 23.1. The van der Waals surface area contributed by atoms with E-state index >= 15 is 0 Å². The summed E-state index contributed by atoms with van der Waals surface area (Å²) in [7, 11) is 1.61. The maximum atomic E-state index is 6.29. The molecule has 0 saturated carbocycles. The molecule has 0 aliphatic heterocycles. The summed E-state index contributed by atoms with van der Waals surface area (Å²) in [5, 5.41) is 7.10. The van der Waals surface area contributed by atoms with Gasteiger partial charge in [0.1, 0.15) is 0 Å². The van der Waals surface area contributed by atoms with E-state index in [1.807, 2.05) is 26.0 Å². The summed E-state index contributed by atoms with van der Waals surface area (Å²) in [6.45, 7) is 8.93. The van der Waals surface area contributed by atoms with Crippen LogP contribution in [0.25, 0.3) is 0 Å². The highest BCUT2D eigenvalue weighted by molar-refractivity contribution is 14.0. The Morgan fingerprint density at radius 3 is 2.54 bits per heavy atom. The molecular weight excluding hydrogens is 441 g/mol. The van der Waals surface area contributed by atoms with Crippen LogP contribution in [0.15, 0.2) is 17.1 Å². The van der Waals surface area contributed by atoms with Gasteiger partial charge in [-0.05, 0) is 38.0 Å². The van der Waals surface area contributed by atoms with Gasteiger partial charge in [0.05, 0.1) is 25.3 Å². The second-order valence-electron chi connectivity index (χ2n) is 5.02. The molecule has 24 heavy (non-hydrogen) atoms. The van der Waals surface area contributed by atoms with Gasteiger partial charge < -0.3 is 20.1 Å². The van der Waals surface area contributed by atoms with E-state index in [9.17, 15) is 0 Å². The normalized spacial score (nSPS) is 10.8. The Morgan fingerprint density at radius 1 is 1.21 bits per heavy atom. The van der Waals surface area contributed by atoms with E-state index in [0.717, 1.165) is 37.5 Å². The fourth-order valence-electron chi connectivity index (χ4n) is 2.04. The molecule has 0 saturated heterocycles. The van der Waals surface area contributed by atoms with Gasteiger partial charge in [0.15, 0.2) is 17.5 Å². The summed E-state index contributed by atoms with van der Waals surface area (Å²) in [5.74, 6) is 2.02. The van der Waals surface area contributed by atoms with E-state index in [2.05, 4.69) is 22.5 Å². The number of halogens is 2.